The molecule has 0 fully saturated rings. The molecule has 0 bridgehead atoms. The summed E-state index contributed by atoms with van der Waals surface area (Å²) in [6.45, 7) is 0.348. The largest absolute Gasteiger partial charge is 0.274 e. The van der Waals surface area contributed by atoms with E-state index in [1.54, 1.807) is 6.07 Å². The van der Waals surface area contributed by atoms with E-state index in [9.17, 15) is 0 Å². The molecule has 54 valence electrons. The molecule has 1 aromatic rings. The van der Waals surface area contributed by atoms with Crippen molar-refractivity contribution in [3.63, 3.8) is 0 Å². The maximum atomic E-state index is 5.76. The third kappa shape index (κ3) is 1.87. The van der Waals surface area contributed by atoms with E-state index in [4.69, 9.17) is 23.5 Å². The molecule has 0 spiro atoms. The molecule has 0 saturated carbocycles. The topological polar surface area (TPSA) is 9.23 Å². The molecular formula is C7H6Cl2O. The molecule has 0 aliphatic carbocycles. The van der Waals surface area contributed by atoms with Crippen LogP contribution in [0, 0.1) is 0 Å². The smallest absolute Gasteiger partial charge is 0.0947 e. The summed E-state index contributed by atoms with van der Waals surface area (Å²) in [6.07, 6.45) is 0. The van der Waals surface area contributed by atoms with Gasteiger partial charge in [-0.3, -0.25) is 4.29 Å². The first kappa shape index (κ1) is 7.86. The van der Waals surface area contributed by atoms with Gasteiger partial charge in [0.15, 0.2) is 0 Å². The summed E-state index contributed by atoms with van der Waals surface area (Å²) in [5.41, 5.74) is 0.902. The first-order chi connectivity index (χ1) is 4.84. The molecule has 0 aliphatic heterocycles. The van der Waals surface area contributed by atoms with Gasteiger partial charge in [0.1, 0.15) is 0 Å². The quantitative estimate of drug-likeness (QED) is 0.674. The monoisotopic (exact) mass is 176 g/mol. The second-order valence-electron chi connectivity index (χ2n) is 1.84. The lowest BCUT2D eigenvalue weighted by Crippen LogP contribution is -1.83. The van der Waals surface area contributed by atoms with Crippen molar-refractivity contribution in [2.75, 3.05) is 0 Å². The summed E-state index contributed by atoms with van der Waals surface area (Å²) in [4.78, 5) is 0. The second kappa shape index (κ2) is 3.81. The second-order valence-corrected chi connectivity index (χ2v) is 2.47. The average molecular weight is 177 g/mol. The lowest BCUT2D eigenvalue weighted by molar-refractivity contribution is 0.341. The van der Waals surface area contributed by atoms with E-state index in [0.717, 1.165) is 5.56 Å². The third-order valence-corrected chi connectivity index (χ3v) is 1.65. The Morgan fingerprint density at radius 3 is 2.60 bits per heavy atom. The van der Waals surface area contributed by atoms with Gasteiger partial charge in [-0.05, 0) is 11.6 Å². The van der Waals surface area contributed by atoms with Crippen LogP contribution in [-0.4, -0.2) is 0 Å². The standard InChI is InChI=1S/C7H6Cl2O/c8-7-4-2-1-3-6(7)5-10-9/h1-4H,5H2. The van der Waals surface area contributed by atoms with E-state index >= 15 is 0 Å². The molecule has 0 N–H and O–H groups in total. The van der Waals surface area contributed by atoms with Crippen LogP contribution < -0.4 is 0 Å². The van der Waals surface area contributed by atoms with E-state index in [2.05, 4.69) is 4.29 Å². The zero-order valence-electron chi connectivity index (χ0n) is 5.18. The minimum Gasteiger partial charge on any atom is -0.274 e. The average Bonchev–Trinajstić information content (AvgIpc) is 1.94. The normalized spacial score (nSPS) is 9.80. The van der Waals surface area contributed by atoms with Gasteiger partial charge in [0, 0.05) is 5.02 Å². The van der Waals surface area contributed by atoms with Crippen molar-refractivity contribution in [2.24, 2.45) is 0 Å². The summed E-state index contributed by atoms with van der Waals surface area (Å²) in [6, 6.07) is 7.41. The lowest BCUT2D eigenvalue weighted by Gasteiger charge is -1.98. The van der Waals surface area contributed by atoms with Gasteiger partial charge in [0.25, 0.3) is 0 Å². The lowest BCUT2D eigenvalue weighted by atomic mass is 10.2. The SMILES string of the molecule is ClOCc1ccccc1Cl. The maximum absolute atomic E-state index is 5.76. The van der Waals surface area contributed by atoms with Gasteiger partial charge in [-0.1, -0.05) is 29.8 Å². The van der Waals surface area contributed by atoms with Gasteiger partial charge in [0.2, 0.25) is 0 Å². The Labute approximate surface area is 69.7 Å². The van der Waals surface area contributed by atoms with Crippen LogP contribution in [0.15, 0.2) is 24.3 Å². The van der Waals surface area contributed by atoms with Gasteiger partial charge in [-0.15, -0.1) is 0 Å². The maximum Gasteiger partial charge on any atom is 0.0947 e. The first-order valence-electron chi connectivity index (χ1n) is 2.81. The summed E-state index contributed by atoms with van der Waals surface area (Å²) in [5.74, 6) is 0. The molecule has 1 rings (SSSR count). The minimum absolute atomic E-state index is 0.348. The van der Waals surface area contributed by atoms with Crippen molar-refractivity contribution in [3.05, 3.63) is 34.9 Å². The van der Waals surface area contributed by atoms with Crippen LogP contribution in [0.1, 0.15) is 5.56 Å². The van der Waals surface area contributed by atoms with Crippen LogP contribution in [0.25, 0.3) is 0 Å². The summed E-state index contributed by atoms with van der Waals surface area (Å²) in [5, 5.41) is 0.683. The van der Waals surface area contributed by atoms with E-state index in [0.29, 0.717) is 11.6 Å². The number of benzene rings is 1. The van der Waals surface area contributed by atoms with Gasteiger partial charge >= 0.3 is 0 Å². The molecule has 0 atom stereocenters. The van der Waals surface area contributed by atoms with Crippen molar-refractivity contribution < 1.29 is 4.29 Å². The molecule has 0 unspecified atom stereocenters. The molecule has 1 aromatic carbocycles. The van der Waals surface area contributed by atoms with Crippen molar-refractivity contribution in [1.82, 2.24) is 0 Å². The van der Waals surface area contributed by atoms with Crippen LogP contribution in [0.2, 0.25) is 5.02 Å². The van der Waals surface area contributed by atoms with Crippen LogP contribution in [0.5, 0.6) is 0 Å². The Hall–Kier alpha value is -0.240. The number of hydrogen-bond acceptors (Lipinski definition) is 1. The van der Waals surface area contributed by atoms with Crippen LogP contribution >= 0.6 is 23.5 Å². The highest BCUT2D eigenvalue weighted by Crippen LogP contribution is 2.15. The molecular weight excluding hydrogens is 171 g/mol. The molecule has 0 radical (unpaired) electrons. The van der Waals surface area contributed by atoms with Gasteiger partial charge in [-0.2, -0.15) is 0 Å². The van der Waals surface area contributed by atoms with Crippen LogP contribution in [0.4, 0.5) is 0 Å². The minimum atomic E-state index is 0.348. The van der Waals surface area contributed by atoms with E-state index in [1.807, 2.05) is 18.2 Å². The fourth-order valence-corrected chi connectivity index (χ4v) is 0.982. The predicted molar refractivity (Wildman–Crippen MR) is 42.1 cm³/mol. The Morgan fingerprint density at radius 2 is 2.00 bits per heavy atom. The van der Waals surface area contributed by atoms with E-state index < -0.39 is 0 Å². The number of hydrogen-bond donors (Lipinski definition) is 0. The van der Waals surface area contributed by atoms with Crippen LogP contribution in [-0.2, 0) is 10.9 Å². The van der Waals surface area contributed by atoms with Gasteiger partial charge < -0.3 is 0 Å². The highest BCUT2D eigenvalue weighted by Gasteiger charge is 1.96. The van der Waals surface area contributed by atoms with Crippen LogP contribution in [0.3, 0.4) is 0 Å². The van der Waals surface area contributed by atoms with E-state index in [1.165, 1.54) is 0 Å². The summed E-state index contributed by atoms with van der Waals surface area (Å²) < 4.78 is 4.40. The molecule has 0 aliphatic rings. The molecule has 0 heterocycles. The fraction of sp³-hybridized carbons (Fsp3) is 0.143. The summed E-state index contributed by atoms with van der Waals surface area (Å²) in [7, 11) is 0. The van der Waals surface area contributed by atoms with Crippen molar-refractivity contribution in [3.8, 4) is 0 Å². The van der Waals surface area contributed by atoms with E-state index in [-0.39, 0.29) is 0 Å². The highest BCUT2D eigenvalue weighted by molar-refractivity contribution is 6.31. The molecule has 1 nitrogen and oxygen atoms in total. The van der Waals surface area contributed by atoms with Crippen molar-refractivity contribution in [1.29, 1.82) is 0 Å². The zero-order valence-corrected chi connectivity index (χ0v) is 6.69. The highest BCUT2D eigenvalue weighted by atomic mass is 35.5. The Kier molecular flexibility index (Phi) is 3.00. The fourth-order valence-electron chi connectivity index (χ4n) is 0.674. The Bertz CT molecular complexity index is 213. The first-order valence-corrected chi connectivity index (χ1v) is 3.50. The Morgan fingerprint density at radius 1 is 1.30 bits per heavy atom. The molecule has 0 saturated heterocycles. The molecule has 0 amide bonds. The zero-order chi connectivity index (χ0) is 7.40. The van der Waals surface area contributed by atoms with Gasteiger partial charge in [0.05, 0.1) is 18.5 Å². The van der Waals surface area contributed by atoms with Crippen molar-refractivity contribution >= 4 is 23.5 Å². The Balaban J connectivity index is 2.81. The molecule has 10 heavy (non-hydrogen) atoms. The third-order valence-electron chi connectivity index (χ3n) is 1.17. The van der Waals surface area contributed by atoms with Crippen molar-refractivity contribution in [2.45, 2.75) is 6.61 Å². The number of rotatable bonds is 2. The number of halogens is 2. The summed E-state index contributed by atoms with van der Waals surface area (Å²) >= 11 is 10.8. The molecule has 0 aromatic heterocycles. The predicted octanol–water partition coefficient (Wildman–Crippen LogP) is 3.01. The molecule has 3 heteroatoms. The van der Waals surface area contributed by atoms with Gasteiger partial charge in [-0.25, -0.2) is 0 Å².